The van der Waals surface area contributed by atoms with E-state index in [2.05, 4.69) is 26.9 Å². The van der Waals surface area contributed by atoms with E-state index in [0.29, 0.717) is 4.91 Å². The van der Waals surface area contributed by atoms with E-state index in [9.17, 15) is 18.0 Å². The molecule has 0 unspecified atom stereocenters. The number of aromatic nitrogens is 2. The number of hydrogen-bond acceptors (Lipinski definition) is 5. The van der Waals surface area contributed by atoms with E-state index < -0.39 is 11.7 Å². The van der Waals surface area contributed by atoms with Gasteiger partial charge in [-0.05, 0) is 78.5 Å². The molecular formula is C27H26F3N5OS. The number of likely N-dealkylation sites (N-methyl/N-ethyl adjacent to an activating group) is 1. The van der Waals surface area contributed by atoms with E-state index in [4.69, 9.17) is 0 Å². The van der Waals surface area contributed by atoms with Crippen LogP contribution in [-0.2, 0) is 17.5 Å². The molecule has 3 aromatic rings. The average molecular weight is 526 g/mol. The minimum absolute atomic E-state index is 0.0281. The normalized spacial score (nSPS) is 20.3. The van der Waals surface area contributed by atoms with Crippen LogP contribution in [-0.4, -0.2) is 63.9 Å². The third kappa shape index (κ3) is 5.04. The molecule has 6 nitrogen and oxygen atoms in total. The number of carbonyl (C=O) groups excluding carboxylic acids is 1. The fraction of sp³-hybridized carbons (Fsp3) is 0.370. The van der Waals surface area contributed by atoms with Crippen LogP contribution in [0.4, 0.5) is 13.2 Å². The van der Waals surface area contributed by atoms with E-state index in [1.54, 1.807) is 16.9 Å². The van der Waals surface area contributed by atoms with Gasteiger partial charge in [-0.15, -0.1) is 0 Å². The molecule has 1 saturated carbocycles. The second kappa shape index (κ2) is 9.33. The number of rotatable bonds is 4. The highest BCUT2D eigenvalue weighted by atomic mass is 32.2. The second-order valence-corrected chi connectivity index (χ2v) is 10.9. The summed E-state index contributed by atoms with van der Waals surface area (Å²) in [5.41, 5.74) is 1.94. The first-order valence-corrected chi connectivity index (χ1v) is 13.2. The number of carbonyl (C=O) groups is 1. The molecule has 2 aromatic carbocycles. The Morgan fingerprint density at radius 3 is 2.59 bits per heavy atom. The molecule has 3 aliphatic rings. The lowest BCUT2D eigenvalue weighted by Crippen LogP contribution is -2.46. The maximum atomic E-state index is 13.8. The molecular weight excluding hydrogens is 499 g/mol. The maximum absolute atomic E-state index is 13.8. The summed E-state index contributed by atoms with van der Waals surface area (Å²) in [6.07, 6.45) is 0.950. The molecule has 0 spiro atoms. The van der Waals surface area contributed by atoms with Gasteiger partial charge in [0.15, 0.2) is 5.17 Å². The minimum atomic E-state index is -4.42. The molecule has 6 rings (SSSR count). The first-order valence-electron chi connectivity index (χ1n) is 12.4. The van der Waals surface area contributed by atoms with Crippen LogP contribution in [0.15, 0.2) is 52.5 Å². The van der Waals surface area contributed by atoms with Crippen molar-refractivity contribution >= 4 is 39.8 Å². The smallest absolute Gasteiger partial charge is 0.348 e. The number of amides is 1. The van der Waals surface area contributed by atoms with E-state index in [-0.39, 0.29) is 23.9 Å². The lowest BCUT2D eigenvalue weighted by atomic mass is 10.0. The Morgan fingerprint density at radius 2 is 1.86 bits per heavy atom. The average Bonchev–Trinajstić information content (AvgIpc) is 3.55. The molecule has 0 atom stereocenters. The van der Waals surface area contributed by atoms with Gasteiger partial charge in [0.1, 0.15) is 0 Å². The van der Waals surface area contributed by atoms with Crippen molar-refractivity contribution in [2.75, 3.05) is 33.2 Å². The lowest BCUT2D eigenvalue weighted by molar-refractivity contribution is -0.138. The third-order valence-electron chi connectivity index (χ3n) is 7.15. The van der Waals surface area contributed by atoms with Crippen molar-refractivity contribution < 1.29 is 18.0 Å². The fourth-order valence-electron chi connectivity index (χ4n) is 4.83. The minimum Gasteiger partial charge on any atom is -0.348 e. The van der Waals surface area contributed by atoms with Crippen LogP contribution in [0.1, 0.15) is 41.0 Å². The van der Waals surface area contributed by atoms with Gasteiger partial charge in [-0.2, -0.15) is 23.3 Å². The summed E-state index contributed by atoms with van der Waals surface area (Å²) in [5, 5.41) is 5.92. The summed E-state index contributed by atoms with van der Waals surface area (Å²) in [6.45, 7) is 3.58. The zero-order valence-corrected chi connectivity index (χ0v) is 21.1. The number of nitrogens with zero attached hydrogens (tertiary/aromatic N) is 5. The van der Waals surface area contributed by atoms with Gasteiger partial charge in [-0.25, -0.2) is 0 Å². The zero-order valence-electron chi connectivity index (χ0n) is 20.3. The lowest BCUT2D eigenvalue weighted by Gasteiger charge is -2.32. The van der Waals surface area contributed by atoms with Crippen molar-refractivity contribution in [2.45, 2.75) is 31.5 Å². The van der Waals surface area contributed by atoms with Crippen LogP contribution in [0.2, 0.25) is 0 Å². The van der Waals surface area contributed by atoms with E-state index in [1.807, 2.05) is 30.3 Å². The topological polar surface area (TPSA) is 53.7 Å². The van der Waals surface area contributed by atoms with Crippen molar-refractivity contribution in [1.29, 1.82) is 0 Å². The molecule has 1 amide bonds. The van der Waals surface area contributed by atoms with Crippen molar-refractivity contribution in [3.05, 3.63) is 69.8 Å². The number of alkyl halides is 3. The van der Waals surface area contributed by atoms with Gasteiger partial charge in [0.05, 0.1) is 28.7 Å². The quantitative estimate of drug-likeness (QED) is 0.439. The summed E-state index contributed by atoms with van der Waals surface area (Å²) in [5.74, 6) is 0.00483. The first kappa shape index (κ1) is 24.2. The Hall–Kier alpha value is -3.11. The van der Waals surface area contributed by atoms with E-state index in [0.717, 1.165) is 66.2 Å². The van der Waals surface area contributed by atoms with Crippen molar-refractivity contribution in [1.82, 2.24) is 19.6 Å². The monoisotopic (exact) mass is 525 g/mol. The molecule has 10 heteroatoms. The number of piperazine rings is 1. The Labute approximate surface area is 216 Å². The largest absolute Gasteiger partial charge is 0.416 e. The van der Waals surface area contributed by atoms with Gasteiger partial charge in [-0.1, -0.05) is 18.2 Å². The van der Waals surface area contributed by atoms with Crippen molar-refractivity contribution in [2.24, 2.45) is 4.99 Å². The van der Waals surface area contributed by atoms with E-state index in [1.165, 1.54) is 17.8 Å². The van der Waals surface area contributed by atoms with Crippen LogP contribution >= 0.6 is 11.8 Å². The van der Waals surface area contributed by atoms with Gasteiger partial charge in [0, 0.05) is 31.6 Å². The summed E-state index contributed by atoms with van der Waals surface area (Å²) < 4.78 is 43.0. The Balaban J connectivity index is 1.22. The standard InChI is InChI=1S/C27H26F3N5OS/c1-33-8-10-34(11-9-33)26-32-25(36)24(37-26)13-17-2-7-23-21(12-17)15-31-35(23)16-20-6-5-19(18-3-4-18)14-22(20)27(28,29)30/h2,5-7,12-15,18H,3-4,8-11,16H2,1H3. The molecule has 0 radical (unpaired) electrons. The van der Waals surface area contributed by atoms with Gasteiger partial charge in [-0.3, -0.25) is 9.48 Å². The second-order valence-electron chi connectivity index (χ2n) is 9.91. The van der Waals surface area contributed by atoms with Crippen LogP contribution in [0.25, 0.3) is 17.0 Å². The van der Waals surface area contributed by atoms with Crippen LogP contribution in [0.5, 0.6) is 0 Å². The molecule has 0 bridgehead atoms. The highest BCUT2D eigenvalue weighted by Crippen LogP contribution is 2.43. The molecule has 2 fully saturated rings. The number of halogens is 3. The molecule has 37 heavy (non-hydrogen) atoms. The molecule has 0 N–H and O–H groups in total. The molecule has 1 aliphatic carbocycles. The van der Waals surface area contributed by atoms with Crippen LogP contribution in [0.3, 0.4) is 0 Å². The highest BCUT2D eigenvalue weighted by Gasteiger charge is 2.35. The third-order valence-corrected chi connectivity index (χ3v) is 8.20. The molecule has 1 saturated heterocycles. The maximum Gasteiger partial charge on any atom is 0.416 e. The van der Waals surface area contributed by atoms with Crippen LogP contribution in [0, 0.1) is 0 Å². The summed E-state index contributed by atoms with van der Waals surface area (Å²) in [6, 6.07) is 10.3. The fourth-order valence-corrected chi connectivity index (χ4v) is 5.80. The summed E-state index contributed by atoms with van der Waals surface area (Å²) in [7, 11) is 2.08. The van der Waals surface area contributed by atoms with Gasteiger partial charge in [0.2, 0.25) is 0 Å². The molecule has 192 valence electrons. The van der Waals surface area contributed by atoms with Crippen molar-refractivity contribution in [3.63, 3.8) is 0 Å². The molecule has 3 heterocycles. The summed E-state index contributed by atoms with van der Waals surface area (Å²) in [4.78, 5) is 21.7. The highest BCUT2D eigenvalue weighted by molar-refractivity contribution is 8.18. The van der Waals surface area contributed by atoms with Crippen LogP contribution < -0.4 is 0 Å². The van der Waals surface area contributed by atoms with Crippen molar-refractivity contribution in [3.8, 4) is 0 Å². The number of fused-ring (bicyclic) bond motifs is 1. The number of thioether (sulfide) groups is 1. The summed E-state index contributed by atoms with van der Waals surface area (Å²) >= 11 is 1.39. The Bertz CT molecular complexity index is 1430. The van der Waals surface area contributed by atoms with Gasteiger partial charge in [0.25, 0.3) is 5.91 Å². The predicted molar refractivity (Wildman–Crippen MR) is 139 cm³/mol. The number of aliphatic imine (C=N–C) groups is 1. The predicted octanol–water partition coefficient (Wildman–Crippen LogP) is 5.20. The number of benzene rings is 2. The first-order chi connectivity index (χ1) is 17.7. The zero-order chi connectivity index (χ0) is 25.7. The van der Waals surface area contributed by atoms with E-state index >= 15 is 0 Å². The Kier molecular flexibility index (Phi) is 6.11. The SMILES string of the molecule is CN1CCN(C2=NC(=O)C(=Cc3ccc4c(cnn4Cc4ccc(C5CC5)cc4C(F)(F)F)c3)S2)CC1. The van der Waals surface area contributed by atoms with Gasteiger partial charge < -0.3 is 9.80 Å². The molecule has 1 aromatic heterocycles. The molecule has 2 aliphatic heterocycles. The van der Waals surface area contributed by atoms with Gasteiger partial charge >= 0.3 is 6.18 Å². The number of hydrogen-bond donors (Lipinski definition) is 0. The Morgan fingerprint density at radius 1 is 1.08 bits per heavy atom. The number of amidine groups is 1.